The lowest BCUT2D eigenvalue weighted by atomic mass is 9.83. The lowest BCUT2D eigenvalue weighted by molar-refractivity contribution is -0.114. The molecule has 2 aromatic rings. The number of H-pyrrole nitrogens is 1. The molecule has 6 nitrogen and oxygen atoms in total. The Balaban J connectivity index is 1.81. The summed E-state index contributed by atoms with van der Waals surface area (Å²) in [5, 5.41) is 6.83. The topological polar surface area (TPSA) is 71.0 Å². The van der Waals surface area contributed by atoms with Gasteiger partial charge in [0.25, 0.3) is 0 Å². The second-order valence-corrected chi connectivity index (χ2v) is 9.02. The number of likely N-dealkylation sites (N-methyl/N-ethyl adjacent to an activating group) is 1. The minimum absolute atomic E-state index is 0.0187. The third-order valence-electron chi connectivity index (χ3n) is 5.36. The molecule has 28 heavy (non-hydrogen) atoms. The fraction of sp³-hybridized carbons (Fsp3) is 0.476. The molecule has 1 aromatic heterocycles. The summed E-state index contributed by atoms with van der Waals surface area (Å²) in [5.74, 6) is 0.0187. The minimum Gasteiger partial charge on any atom is -0.347 e. The van der Waals surface area contributed by atoms with Gasteiger partial charge >= 0.3 is 5.69 Å². The molecule has 0 saturated heterocycles. The Morgan fingerprint density at radius 2 is 2.07 bits per heavy atom. The molecule has 0 bridgehead atoms. The van der Waals surface area contributed by atoms with Gasteiger partial charge in [-0.3, -0.25) is 9.36 Å². The molecule has 1 N–H and O–H groups in total. The van der Waals surface area contributed by atoms with Gasteiger partial charge in [-0.05, 0) is 25.0 Å². The van der Waals surface area contributed by atoms with Crippen molar-refractivity contribution in [2.24, 2.45) is 0 Å². The zero-order valence-corrected chi connectivity index (χ0v) is 18.0. The summed E-state index contributed by atoms with van der Waals surface area (Å²) in [7, 11) is 2.00. The molecule has 0 radical (unpaired) electrons. The van der Waals surface area contributed by atoms with E-state index in [9.17, 15) is 9.59 Å². The van der Waals surface area contributed by atoms with Crippen molar-refractivity contribution in [3.63, 3.8) is 0 Å². The van der Waals surface area contributed by atoms with E-state index in [0.29, 0.717) is 11.7 Å². The number of allylic oxidation sites excluding steroid dienone is 2. The van der Waals surface area contributed by atoms with Gasteiger partial charge in [0.2, 0.25) is 0 Å². The van der Waals surface area contributed by atoms with Crippen LogP contribution in [-0.2, 0) is 16.8 Å². The Bertz CT molecular complexity index is 957. The molecule has 1 unspecified atom stereocenters. The summed E-state index contributed by atoms with van der Waals surface area (Å²) < 4.78 is 1.62. The Labute approximate surface area is 170 Å². The molecule has 0 aliphatic carbocycles. The van der Waals surface area contributed by atoms with Crippen molar-refractivity contribution in [3.05, 3.63) is 52.1 Å². The van der Waals surface area contributed by atoms with Crippen molar-refractivity contribution in [2.45, 2.75) is 62.9 Å². The summed E-state index contributed by atoms with van der Waals surface area (Å²) in [6.45, 7) is 8.84. The van der Waals surface area contributed by atoms with Crippen molar-refractivity contribution < 1.29 is 4.79 Å². The summed E-state index contributed by atoms with van der Waals surface area (Å²) in [6, 6.07) is 8.24. The Morgan fingerprint density at radius 1 is 1.36 bits per heavy atom. The molecule has 1 aliphatic heterocycles. The van der Waals surface area contributed by atoms with E-state index < -0.39 is 0 Å². The SMILES string of the molecule is CCCCn1c(SC(C)C(=O)/C=C2/N(C)c3ccccc3C2(C)C)n[nH]c1=O. The van der Waals surface area contributed by atoms with Crippen molar-refractivity contribution in [2.75, 3.05) is 11.9 Å². The number of unbranched alkanes of at least 4 members (excludes halogenated alkanes) is 1. The predicted molar refractivity (Wildman–Crippen MR) is 114 cm³/mol. The number of hydrogen-bond acceptors (Lipinski definition) is 5. The molecule has 7 heteroatoms. The maximum absolute atomic E-state index is 13.0. The molecule has 0 spiro atoms. The summed E-state index contributed by atoms with van der Waals surface area (Å²) in [6.07, 6.45) is 3.64. The second kappa shape index (κ2) is 7.99. The number of fused-ring (bicyclic) bond motifs is 1. The smallest absolute Gasteiger partial charge is 0.343 e. The fourth-order valence-corrected chi connectivity index (χ4v) is 4.53. The van der Waals surface area contributed by atoms with E-state index in [1.165, 1.54) is 17.3 Å². The van der Waals surface area contributed by atoms with Crippen molar-refractivity contribution in [1.82, 2.24) is 14.8 Å². The number of rotatable bonds is 7. The predicted octanol–water partition coefficient (Wildman–Crippen LogP) is 3.73. The van der Waals surface area contributed by atoms with Crippen LogP contribution in [0.15, 0.2) is 46.0 Å². The average molecular weight is 401 g/mol. The number of aromatic amines is 1. The van der Waals surface area contributed by atoms with E-state index >= 15 is 0 Å². The van der Waals surface area contributed by atoms with Crippen LogP contribution in [0.1, 0.15) is 46.1 Å². The zero-order chi connectivity index (χ0) is 20.5. The molecule has 2 heterocycles. The number of nitrogens with zero attached hydrogens (tertiary/aromatic N) is 3. The van der Waals surface area contributed by atoms with Gasteiger partial charge in [0.1, 0.15) is 0 Å². The van der Waals surface area contributed by atoms with Crippen LogP contribution in [0, 0.1) is 0 Å². The van der Waals surface area contributed by atoms with Crippen molar-refractivity contribution in [1.29, 1.82) is 0 Å². The van der Waals surface area contributed by atoms with Gasteiger partial charge in [-0.2, -0.15) is 0 Å². The molecule has 1 aromatic carbocycles. The average Bonchev–Trinajstić information content (AvgIpc) is 3.10. The number of benzene rings is 1. The molecular formula is C21H28N4O2S. The van der Waals surface area contributed by atoms with E-state index in [-0.39, 0.29) is 22.1 Å². The number of para-hydroxylation sites is 1. The molecule has 0 amide bonds. The van der Waals surface area contributed by atoms with Gasteiger partial charge in [-0.25, -0.2) is 9.89 Å². The first kappa shape index (κ1) is 20.5. The number of aromatic nitrogens is 3. The largest absolute Gasteiger partial charge is 0.347 e. The first-order valence-corrected chi connectivity index (χ1v) is 10.6. The van der Waals surface area contributed by atoms with Crippen LogP contribution in [-0.4, -0.2) is 32.8 Å². The van der Waals surface area contributed by atoms with E-state index in [4.69, 9.17) is 0 Å². The molecular weight excluding hydrogens is 372 g/mol. The first-order valence-electron chi connectivity index (χ1n) is 9.68. The summed E-state index contributed by atoms with van der Waals surface area (Å²) in [5.41, 5.74) is 2.88. The van der Waals surface area contributed by atoms with Gasteiger partial charge in [-0.1, -0.05) is 57.2 Å². The summed E-state index contributed by atoms with van der Waals surface area (Å²) in [4.78, 5) is 27.0. The van der Waals surface area contributed by atoms with Gasteiger partial charge in [0, 0.05) is 36.5 Å². The Morgan fingerprint density at radius 3 is 2.75 bits per heavy atom. The highest BCUT2D eigenvalue weighted by Gasteiger charge is 2.38. The van der Waals surface area contributed by atoms with Crippen LogP contribution >= 0.6 is 11.8 Å². The maximum Gasteiger partial charge on any atom is 0.343 e. The van der Waals surface area contributed by atoms with Gasteiger partial charge in [0.05, 0.1) is 5.25 Å². The zero-order valence-electron chi connectivity index (χ0n) is 17.2. The minimum atomic E-state index is -0.337. The number of anilines is 1. The van der Waals surface area contributed by atoms with Crippen LogP contribution in [0.3, 0.4) is 0 Å². The molecule has 0 saturated carbocycles. The Kier molecular flexibility index (Phi) is 5.84. The standard InChI is InChI=1S/C21H28N4O2S/c1-6-7-12-25-19(27)22-23-20(25)28-14(2)17(26)13-18-21(3,4)15-10-8-9-11-16(15)24(18)5/h8-11,13-14H,6-7,12H2,1-5H3,(H,22,27)/b18-13+. The monoisotopic (exact) mass is 400 g/mol. The quantitative estimate of drug-likeness (QED) is 0.566. The number of ketones is 1. The summed E-state index contributed by atoms with van der Waals surface area (Å²) >= 11 is 1.33. The van der Waals surface area contributed by atoms with Crippen LogP contribution in [0.25, 0.3) is 0 Å². The number of thioether (sulfide) groups is 1. The maximum atomic E-state index is 13.0. The van der Waals surface area contributed by atoms with Gasteiger partial charge in [-0.15, -0.1) is 5.10 Å². The molecule has 3 rings (SSSR count). The molecule has 1 aliphatic rings. The van der Waals surface area contributed by atoms with Crippen LogP contribution in [0.5, 0.6) is 0 Å². The van der Waals surface area contributed by atoms with E-state index in [1.54, 1.807) is 10.6 Å². The lowest BCUT2D eigenvalue weighted by Gasteiger charge is -2.24. The highest BCUT2D eigenvalue weighted by Crippen LogP contribution is 2.46. The highest BCUT2D eigenvalue weighted by molar-refractivity contribution is 8.00. The van der Waals surface area contributed by atoms with Gasteiger partial charge in [0.15, 0.2) is 10.9 Å². The highest BCUT2D eigenvalue weighted by atomic mass is 32.2. The lowest BCUT2D eigenvalue weighted by Crippen LogP contribution is -2.25. The number of nitrogens with one attached hydrogen (secondary N) is 1. The molecule has 1 atom stereocenters. The number of carbonyl (C=O) groups is 1. The first-order chi connectivity index (χ1) is 13.3. The normalized spacial score (nSPS) is 17.8. The van der Waals surface area contributed by atoms with E-state index in [2.05, 4.69) is 48.0 Å². The van der Waals surface area contributed by atoms with Crippen LogP contribution in [0.4, 0.5) is 5.69 Å². The molecule has 150 valence electrons. The number of hydrogen-bond donors (Lipinski definition) is 1. The molecule has 0 fully saturated rings. The third-order valence-corrected chi connectivity index (χ3v) is 6.47. The van der Waals surface area contributed by atoms with E-state index in [1.807, 2.05) is 26.1 Å². The number of carbonyl (C=O) groups excluding carboxylic acids is 1. The second-order valence-electron chi connectivity index (χ2n) is 7.71. The third kappa shape index (κ3) is 3.68. The van der Waals surface area contributed by atoms with E-state index in [0.717, 1.165) is 24.2 Å². The van der Waals surface area contributed by atoms with Crippen molar-refractivity contribution in [3.8, 4) is 0 Å². The Hall–Kier alpha value is -2.28. The van der Waals surface area contributed by atoms with Crippen molar-refractivity contribution >= 4 is 23.2 Å². The van der Waals surface area contributed by atoms with Gasteiger partial charge < -0.3 is 4.90 Å². The van der Waals surface area contributed by atoms with Crippen LogP contribution < -0.4 is 10.6 Å². The fourth-order valence-electron chi connectivity index (χ4n) is 3.63. The van der Waals surface area contributed by atoms with Crippen LogP contribution in [0.2, 0.25) is 0 Å².